The summed E-state index contributed by atoms with van der Waals surface area (Å²) in [5.41, 5.74) is 6.52. The second-order valence-corrected chi connectivity index (χ2v) is 8.22. The summed E-state index contributed by atoms with van der Waals surface area (Å²) in [6.45, 7) is 4.76. The fourth-order valence-electron chi connectivity index (χ4n) is 3.21. The minimum absolute atomic E-state index is 0.194. The van der Waals surface area contributed by atoms with Gasteiger partial charge in [-0.1, -0.05) is 35.9 Å². The summed E-state index contributed by atoms with van der Waals surface area (Å²) in [6.07, 6.45) is 0.811. The Hall–Kier alpha value is -3.18. The Morgan fingerprint density at radius 3 is 2.55 bits per heavy atom. The molecule has 0 aliphatic rings. The van der Waals surface area contributed by atoms with Crippen LogP contribution in [0, 0.1) is 13.8 Å². The molecule has 3 aromatic carbocycles. The molecule has 0 aliphatic carbocycles. The van der Waals surface area contributed by atoms with Crippen molar-refractivity contribution < 1.29 is 4.79 Å². The maximum atomic E-state index is 12.1. The molecule has 2 N–H and O–H groups in total. The fraction of sp³-hybridized carbons (Fsp3) is 0.167. The summed E-state index contributed by atoms with van der Waals surface area (Å²) in [4.78, 5) is 16.9. The van der Waals surface area contributed by atoms with Crippen molar-refractivity contribution in [2.75, 3.05) is 11.9 Å². The van der Waals surface area contributed by atoms with E-state index in [0.29, 0.717) is 6.54 Å². The number of urea groups is 1. The van der Waals surface area contributed by atoms with Gasteiger partial charge in [0.25, 0.3) is 0 Å². The van der Waals surface area contributed by atoms with Crippen molar-refractivity contribution in [1.82, 2.24) is 10.3 Å². The van der Waals surface area contributed by atoms with Gasteiger partial charge in [0.15, 0.2) is 0 Å². The van der Waals surface area contributed by atoms with Crippen molar-refractivity contribution in [1.29, 1.82) is 0 Å². The number of carbonyl (C=O) groups excluding carboxylic acids is 1. The van der Waals surface area contributed by atoms with E-state index < -0.39 is 0 Å². The molecule has 0 bridgehead atoms. The van der Waals surface area contributed by atoms with Crippen LogP contribution in [0.5, 0.6) is 0 Å². The third kappa shape index (κ3) is 4.81. The Balaban J connectivity index is 1.34. The fourth-order valence-corrected chi connectivity index (χ4v) is 4.28. The number of hydrogen-bond donors (Lipinski definition) is 2. The second kappa shape index (κ2) is 8.45. The Bertz CT molecular complexity index is 1150. The van der Waals surface area contributed by atoms with Gasteiger partial charge in [0.2, 0.25) is 0 Å². The van der Waals surface area contributed by atoms with E-state index in [0.717, 1.165) is 28.2 Å². The molecule has 4 nitrogen and oxygen atoms in total. The Morgan fingerprint density at radius 1 is 0.966 bits per heavy atom. The van der Waals surface area contributed by atoms with Crippen LogP contribution >= 0.6 is 11.3 Å². The van der Waals surface area contributed by atoms with Crippen LogP contribution in [0.1, 0.15) is 16.7 Å². The van der Waals surface area contributed by atoms with Crippen molar-refractivity contribution in [3.05, 3.63) is 83.4 Å². The number of rotatable bonds is 5. The van der Waals surface area contributed by atoms with Gasteiger partial charge in [0, 0.05) is 17.8 Å². The molecule has 5 heteroatoms. The smallest absolute Gasteiger partial charge is 0.319 e. The minimum atomic E-state index is -0.194. The summed E-state index contributed by atoms with van der Waals surface area (Å²) in [5.74, 6) is 0. The first-order chi connectivity index (χ1) is 14.1. The predicted molar refractivity (Wildman–Crippen MR) is 122 cm³/mol. The van der Waals surface area contributed by atoms with Gasteiger partial charge in [-0.2, -0.15) is 0 Å². The van der Waals surface area contributed by atoms with E-state index in [-0.39, 0.29) is 6.03 Å². The lowest BCUT2D eigenvalue weighted by Crippen LogP contribution is -2.30. The third-order valence-corrected chi connectivity index (χ3v) is 5.78. The van der Waals surface area contributed by atoms with Crippen molar-refractivity contribution in [2.24, 2.45) is 0 Å². The number of benzene rings is 3. The second-order valence-electron chi connectivity index (χ2n) is 7.19. The zero-order chi connectivity index (χ0) is 20.2. The maximum absolute atomic E-state index is 12.1. The highest BCUT2D eigenvalue weighted by molar-refractivity contribution is 7.21. The number of amides is 2. The first-order valence-corrected chi connectivity index (χ1v) is 10.5. The van der Waals surface area contributed by atoms with Crippen molar-refractivity contribution in [3.63, 3.8) is 0 Å². The topological polar surface area (TPSA) is 54.0 Å². The van der Waals surface area contributed by atoms with E-state index in [1.54, 1.807) is 11.3 Å². The zero-order valence-electron chi connectivity index (χ0n) is 16.5. The van der Waals surface area contributed by atoms with E-state index in [1.165, 1.54) is 21.4 Å². The molecule has 0 saturated heterocycles. The number of carbonyl (C=O) groups is 1. The molecule has 0 fully saturated rings. The molecule has 0 spiro atoms. The maximum Gasteiger partial charge on any atom is 0.319 e. The third-order valence-electron chi connectivity index (χ3n) is 4.72. The number of hydrogen-bond acceptors (Lipinski definition) is 3. The Kier molecular flexibility index (Phi) is 5.58. The lowest BCUT2D eigenvalue weighted by atomic mass is 10.1. The number of aryl methyl sites for hydroxylation is 2. The molecule has 4 rings (SSSR count). The summed E-state index contributed by atoms with van der Waals surface area (Å²) in [5, 5.41) is 6.78. The van der Waals surface area contributed by atoms with Crippen LogP contribution in [0.3, 0.4) is 0 Å². The lowest BCUT2D eigenvalue weighted by molar-refractivity contribution is 0.252. The number of aromatic nitrogens is 1. The average Bonchev–Trinajstić information content (AvgIpc) is 3.12. The summed E-state index contributed by atoms with van der Waals surface area (Å²) >= 11 is 1.68. The highest BCUT2D eigenvalue weighted by Crippen LogP contribution is 2.31. The molecule has 0 atom stereocenters. The molecule has 29 heavy (non-hydrogen) atoms. The average molecular weight is 402 g/mol. The minimum Gasteiger partial charge on any atom is -0.338 e. The van der Waals surface area contributed by atoms with Crippen LogP contribution in [0.25, 0.3) is 20.8 Å². The van der Waals surface area contributed by atoms with E-state index in [9.17, 15) is 4.79 Å². The van der Waals surface area contributed by atoms with Gasteiger partial charge in [0.1, 0.15) is 5.01 Å². The highest BCUT2D eigenvalue weighted by atomic mass is 32.1. The number of nitrogens with one attached hydrogen (secondary N) is 2. The zero-order valence-corrected chi connectivity index (χ0v) is 17.3. The number of anilines is 1. The quantitative estimate of drug-likeness (QED) is 0.434. The SMILES string of the molecule is Cc1cccc(CCNC(=O)Nc2ccc(-c3nc4ccc(C)cc4s3)cc2)c1. The van der Waals surface area contributed by atoms with Crippen LogP contribution in [0.4, 0.5) is 10.5 Å². The molecule has 1 aromatic heterocycles. The molecule has 0 saturated carbocycles. The standard InChI is InChI=1S/C24H23N3OS/c1-16-4-3-5-18(14-16)12-13-25-24(28)26-20-9-7-19(8-10-20)23-27-21-11-6-17(2)15-22(21)29-23/h3-11,14-15H,12-13H2,1-2H3,(H2,25,26,28). The van der Waals surface area contributed by atoms with E-state index in [2.05, 4.69) is 60.9 Å². The van der Waals surface area contributed by atoms with Gasteiger partial charge < -0.3 is 10.6 Å². The largest absolute Gasteiger partial charge is 0.338 e. The predicted octanol–water partition coefficient (Wildman–Crippen LogP) is 5.94. The van der Waals surface area contributed by atoms with Crippen LogP contribution in [-0.4, -0.2) is 17.6 Å². The van der Waals surface area contributed by atoms with Gasteiger partial charge in [-0.3, -0.25) is 0 Å². The highest BCUT2D eigenvalue weighted by Gasteiger charge is 2.07. The Labute approximate surface area is 174 Å². The van der Waals surface area contributed by atoms with Gasteiger partial charge in [-0.15, -0.1) is 11.3 Å². The molecule has 1 heterocycles. The molecule has 0 unspecified atom stereocenters. The van der Waals surface area contributed by atoms with E-state index in [4.69, 9.17) is 4.98 Å². The van der Waals surface area contributed by atoms with E-state index in [1.807, 2.05) is 30.3 Å². The molecule has 2 amide bonds. The molecular weight excluding hydrogens is 378 g/mol. The molecular formula is C24H23N3OS. The van der Waals surface area contributed by atoms with Gasteiger partial charge in [0.05, 0.1) is 10.2 Å². The number of thiazole rings is 1. The van der Waals surface area contributed by atoms with Gasteiger partial charge in [-0.05, 0) is 67.8 Å². The summed E-state index contributed by atoms with van der Waals surface area (Å²) in [7, 11) is 0. The normalized spacial score (nSPS) is 10.8. The monoisotopic (exact) mass is 401 g/mol. The lowest BCUT2D eigenvalue weighted by Gasteiger charge is -2.08. The summed E-state index contributed by atoms with van der Waals surface area (Å²) in [6, 6.07) is 22.2. The molecule has 0 aliphatic heterocycles. The first kappa shape index (κ1) is 19.2. The van der Waals surface area contributed by atoms with Gasteiger partial charge in [-0.25, -0.2) is 9.78 Å². The first-order valence-electron chi connectivity index (χ1n) is 9.65. The number of fused-ring (bicyclic) bond motifs is 1. The van der Waals surface area contributed by atoms with Crippen molar-refractivity contribution in [3.8, 4) is 10.6 Å². The van der Waals surface area contributed by atoms with E-state index >= 15 is 0 Å². The number of nitrogens with zero attached hydrogens (tertiary/aromatic N) is 1. The summed E-state index contributed by atoms with van der Waals surface area (Å²) < 4.78 is 1.19. The van der Waals surface area contributed by atoms with Crippen molar-refractivity contribution in [2.45, 2.75) is 20.3 Å². The van der Waals surface area contributed by atoms with Crippen LogP contribution in [0.15, 0.2) is 66.7 Å². The molecule has 4 aromatic rings. The van der Waals surface area contributed by atoms with Gasteiger partial charge >= 0.3 is 6.03 Å². The Morgan fingerprint density at radius 2 is 1.76 bits per heavy atom. The van der Waals surface area contributed by atoms with Crippen molar-refractivity contribution >= 4 is 33.3 Å². The van der Waals surface area contributed by atoms with Crippen LogP contribution < -0.4 is 10.6 Å². The van der Waals surface area contributed by atoms with Crippen LogP contribution in [-0.2, 0) is 6.42 Å². The van der Waals surface area contributed by atoms with Crippen LogP contribution in [0.2, 0.25) is 0 Å². The molecule has 0 radical (unpaired) electrons. The molecule has 146 valence electrons.